The zero-order chi connectivity index (χ0) is 13.0. The van der Waals surface area contributed by atoms with Gasteiger partial charge in [-0.3, -0.25) is 5.10 Å². The number of aromatic nitrogens is 4. The van der Waals surface area contributed by atoms with Crippen LogP contribution in [0.25, 0.3) is 11.0 Å². The largest absolute Gasteiger partial charge is 0.379 e. The maximum Gasteiger partial charge on any atom is 0.226 e. The number of aromatic amines is 1. The monoisotopic (exact) mass is 269 g/mol. The van der Waals surface area contributed by atoms with Crippen molar-refractivity contribution < 1.29 is 4.74 Å². The van der Waals surface area contributed by atoms with Crippen LogP contribution in [0, 0.1) is 5.92 Å². The van der Waals surface area contributed by atoms with Crippen molar-refractivity contribution in [2.45, 2.75) is 13.8 Å². The van der Waals surface area contributed by atoms with Crippen molar-refractivity contribution in [1.29, 1.82) is 0 Å². The van der Waals surface area contributed by atoms with Crippen LogP contribution in [0.3, 0.4) is 0 Å². The van der Waals surface area contributed by atoms with Crippen LogP contribution < -0.4 is 5.32 Å². The minimum atomic E-state index is 0.192. The average Bonchev–Trinajstić information content (AvgIpc) is 2.75. The van der Waals surface area contributed by atoms with E-state index in [9.17, 15) is 0 Å². The fourth-order valence-electron chi connectivity index (χ4n) is 1.50. The summed E-state index contributed by atoms with van der Waals surface area (Å²) in [4.78, 5) is 8.16. The van der Waals surface area contributed by atoms with E-state index in [0.29, 0.717) is 30.5 Å². The predicted octanol–water partition coefficient (Wildman–Crippen LogP) is 2.09. The lowest BCUT2D eigenvalue weighted by Crippen LogP contribution is -2.13. The zero-order valence-electron chi connectivity index (χ0n) is 10.4. The van der Waals surface area contributed by atoms with Gasteiger partial charge in [-0.2, -0.15) is 15.1 Å². The summed E-state index contributed by atoms with van der Waals surface area (Å²) in [6.45, 7) is 6.28. The SMILES string of the molecule is CC(C)COCCNc1nc(Cl)nc2[nH]ncc12. The van der Waals surface area contributed by atoms with Gasteiger partial charge in [0, 0.05) is 13.2 Å². The van der Waals surface area contributed by atoms with Crippen LogP contribution in [0.15, 0.2) is 6.20 Å². The molecule has 0 aliphatic rings. The van der Waals surface area contributed by atoms with E-state index in [0.717, 1.165) is 12.0 Å². The van der Waals surface area contributed by atoms with Crippen molar-refractivity contribution in [2.24, 2.45) is 5.92 Å². The van der Waals surface area contributed by atoms with Crippen molar-refractivity contribution in [3.63, 3.8) is 0 Å². The third-order valence-corrected chi connectivity index (χ3v) is 2.44. The summed E-state index contributed by atoms with van der Waals surface area (Å²) in [6.07, 6.45) is 1.67. The molecule has 0 aliphatic heterocycles. The van der Waals surface area contributed by atoms with E-state index < -0.39 is 0 Å². The van der Waals surface area contributed by atoms with Gasteiger partial charge in [-0.1, -0.05) is 13.8 Å². The first-order valence-electron chi connectivity index (χ1n) is 5.85. The van der Waals surface area contributed by atoms with Gasteiger partial charge in [0.15, 0.2) is 5.65 Å². The number of nitrogens with zero attached hydrogens (tertiary/aromatic N) is 3. The summed E-state index contributed by atoms with van der Waals surface area (Å²) in [7, 11) is 0. The van der Waals surface area contributed by atoms with E-state index in [1.165, 1.54) is 0 Å². The molecule has 2 aromatic heterocycles. The van der Waals surface area contributed by atoms with Gasteiger partial charge in [-0.05, 0) is 17.5 Å². The fourth-order valence-corrected chi connectivity index (χ4v) is 1.67. The molecule has 0 bridgehead atoms. The number of halogens is 1. The Bertz CT molecular complexity index is 513. The molecule has 0 amide bonds. The van der Waals surface area contributed by atoms with Crippen molar-refractivity contribution in [3.05, 3.63) is 11.5 Å². The van der Waals surface area contributed by atoms with Crippen molar-refractivity contribution in [2.75, 3.05) is 25.1 Å². The molecular formula is C11H16ClN5O. The number of anilines is 1. The summed E-state index contributed by atoms with van der Waals surface area (Å²) < 4.78 is 5.48. The first-order valence-corrected chi connectivity index (χ1v) is 6.23. The van der Waals surface area contributed by atoms with E-state index in [1.807, 2.05) is 0 Å². The minimum absolute atomic E-state index is 0.192. The lowest BCUT2D eigenvalue weighted by molar-refractivity contribution is 0.118. The summed E-state index contributed by atoms with van der Waals surface area (Å²) in [5.74, 6) is 1.21. The molecule has 2 N–H and O–H groups in total. The minimum Gasteiger partial charge on any atom is -0.379 e. The van der Waals surface area contributed by atoms with E-state index in [2.05, 4.69) is 39.3 Å². The Kier molecular flexibility index (Phi) is 4.33. The van der Waals surface area contributed by atoms with Crippen LogP contribution in [0.5, 0.6) is 0 Å². The highest BCUT2D eigenvalue weighted by Gasteiger charge is 2.07. The van der Waals surface area contributed by atoms with Crippen LogP contribution in [-0.2, 0) is 4.74 Å². The number of fused-ring (bicyclic) bond motifs is 1. The van der Waals surface area contributed by atoms with Crippen molar-refractivity contribution >= 4 is 28.5 Å². The highest BCUT2D eigenvalue weighted by atomic mass is 35.5. The second-order valence-electron chi connectivity index (χ2n) is 4.37. The molecule has 0 fully saturated rings. The number of H-pyrrole nitrogens is 1. The van der Waals surface area contributed by atoms with Gasteiger partial charge >= 0.3 is 0 Å². The Morgan fingerprint density at radius 3 is 3.06 bits per heavy atom. The molecule has 0 radical (unpaired) electrons. The predicted molar refractivity (Wildman–Crippen MR) is 70.8 cm³/mol. The first-order chi connectivity index (χ1) is 8.66. The van der Waals surface area contributed by atoms with Gasteiger partial charge in [0.1, 0.15) is 5.82 Å². The topological polar surface area (TPSA) is 75.7 Å². The molecule has 0 atom stereocenters. The van der Waals surface area contributed by atoms with Crippen LogP contribution in [0.2, 0.25) is 5.28 Å². The summed E-state index contributed by atoms with van der Waals surface area (Å²) >= 11 is 5.82. The maximum absolute atomic E-state index is 5.82. The van der Waals surface area contributed by atoms with E-state index in [1.54, 1.807) is 6.20 Å². The lowest BCUT2D eigenvalue weighted by Gasteiger charge is -2.08. The van der Waals surface area contributed by atoms with Gasteiger partial charge in [-0.15, -0.1) is 0 Å². The van der Waals surface area contributed by atoms with Gasteiger partial charge in [0.25, 0.3) is 0 Å². The van der Waals surface area contributed by atoms with Gasteiger partial charge in [-0.25, -0.2) is 0 Å². The number of hydrogen-bond acceptors (Lipinski definition) is 5. The molecule has 0 unspecified atom stereocenters. The molecule has 0 aliphatic carbocycles. The number of ether oxygens (including phenoxy) is 1. The molecule has 2 aromatic rings. The maximum atomic E-state index is 5.82. The van der Waals surface area contributed by atoms with E-state index in [4.69, 9.17) is 16.3 Å². The van der Waals surface area contributed by atoms with Gasteiger partial charge in [0.2, 0.25) is 5.28 Å². The number of nitrogens with one attached hydrogen (secondary N) is 2. The highest BCUT2D eigenvalue weighted by Crippen LogP contribution is 2.19. The quantitative estimate of drug-likeness (QED) is 0.620. The lowest BCUT2D eigenvalue weighted by atomic mass is 10.2. The Labute approximate surface area is 110 Å². The molecule has 6 nitrogen and oxygen atoms in total. The van der Waals surface area contributed by atoms with Crippen LogP contribution in [0.1, 0.15) is 13.8 Å². The average molecular weight is 270 g/mol. The second-order valence-corrected chi connectivity index (χ2v) is 4.71. The molecule has 18 heavy (non-hydrogen) atoms. The summed E-state index contributed by atoms with van der Waals surface area (Å²) in [5, 5.41) is 10.9. The Morgan fingerprint density at radius 2 is 2.28 bits per heavy atom. The molecule has 98 valence electrons. The van der Waals surface area contributed by atoms with E-state index in [-0.39, 0.29) is 5.28 Å². The molecular weight excluding hydrogens is 254 g/mol. The zero-order valence-corrected chi connectivity index (χ0v) is 11.2. The van der Waals surface area contributed by atoms with Crippen molar-refractivity contribution in [3.8, 4) is 0 Å². The normalized spacial score (nSPS) is 11.3. The molecule has 0 saturated heterocycles. The highest BCUT2D eigenvalue weighted by molar-refractivity contribution is 6.28. The number of rotatable bonds is 6. The molecule has 0 saturated carbocycles. The first kappa shape index (κ1) is 13.0. The summed E-state index contributed by atoms with van der Waals surface area (Å²) in [5.41, 5.74) is 0.626. The third kappa shape index (κ3) is 3.30. The van der Waals surface area contributed by atoms with Gasteiger partial charge < -0.3 is 10.1 Å². The molecule has 2 rings (SSSR count). The van der Waals surface area contributed by atoms with Crippen LogP contribution in [-0.4, -0.2) is 39.9 Å². The third-order valence-electron chi connectivity index (χ3n) is 2.27. The Balaban J connectivity index is 1.93. The van der Waals surface area contributed by atoms with Gasteiger partial charge in [0.05, 0.1) is 18.2 Å². The molecule has 2 heterocycles. The van der Waals surface area contributed by atoms with E-state index >= 15 is 0 Å². The second kappa shape index (κ2) is 5.97. The molecule has 0 spiro atoms. The fraction of sp³-hybridized carbons (Fsp3) is 0.545. The van der Waals surface area contributed by atoms with Crippen molar-refractivity contribution in [1.82, 2.24) is 20.2 Å². The summed E-state index contributed by atoms with van der Waals surface area (Å²) in [6, 6.07) is 0. The number of hydrogen-bond donors (Lipinski definition) is 2. The standard InChI is InChI=1S/C11H16ClN5O/c1-7(2)6-18-4-3-13-9-8-5-14-17-10(8)16-11(12)15-9/h5,7H,3-4,6H2,1-2H3,(H2,13,14,15,16,17). The molecule has 7 heteroatoms. The Morgan fingerprint density at radius 1 is 1.44 bits per heavy atom. The smallest absolute Gasteiger partial charge is 0.226 e. The Hall–Kier alpha value is -1.40. The molecule has 0 aromatic carbocycles. The van der Waals surface area contributed by atoms with Crippen LogP contribution >= 0.6 is 11.6 Å². The van der Waals surface area contributed by atoms with Crippen LogP contribution in [0.4, 0.5) is 5.82 Å².